The van der Waals surface area contributed by atoms with E-state index in [1.54, 1.807) is 24.3 Å². The summed E-state index contributed by atoms with van der Waals surface area (Å²) >= 11 is 3.25. The molecule has 1 amide bonds. The molecule has 0 saturated heterocycles. The summed E-state index contributed by atoms with van der Waals surface area (Å²) in [5.41, 5.74) is -0.444. The van der Waals surface area contributed by atoms with E-state index in [1.165, 1.54) is 0 Å². The second kappa shape index (κ2) is 7.48. The smallest absolute Gasteiger partial charge is 0.326 e. The Bertz CT molecular complexity index is 775. The molecule has 4 nitrogen and oxygen atoms in total. The van der Waals surface area contributed by atoms with Crippen LogP contribution in [0.25, 0.3) is 0 Å². The van der Waals surface area contributed by atoms with Gasteiger partial charge in [0.05, 0.1) is 0 Å². The predicted molar refractivity (Wildman–Crippen MR) is 83.1 cm³/mol. The molecule has 2 rings (SSSR count). The van der Waals surface area contributed by atoms with Crippen molar-refractivity contribution < 1.29 is 27.9 Å². The number of nitrogens with one attached hydrogen (secondary N) is 1. The van der Waals surface area contributed by atoms with Crippen LogP contribution in [0.4, 0.5) is 13.2 Å². The molecule has 0 saturated carbocycles. The van der Waals surface area contributed by atoms with Gasteiger partial charge in [0.1, 0.15) is 29.1 Å². The van der Waals surface area contributed by atoms with Crippen LogP contribution in [0, 0.1) is 17.5 Å². The van der Waals surface area contributed by atoms with Crippen LogP contribution in [0.2, 0.25) is 0 Å². The zero-order chi connectivity index (χ0) is 17.9. The number of carboxylic acids is 1. The number of carboxylic acid groups (broad SMARTS) is 1. The minimum atomic E-state index is -1.42. The topological polar surface area (TPSA) is 66.4 Å². The van der Waals surface area contributed by atoms with Crippen molar-refractivity contribution >= 4 is 27.8 Å². The van der Waals surface area contributed by atoms with E-state index < -0.39 is 40.9 Å². The summed E-state index contributed by atoms with van der Waals surface area (Å²) in [5, 5.41) is 11.3. The molecule has 0 spiro atoms. The largest absolute Gasteiger partial charge is 0.480 e. The predicted octanol–water partition coefficient (Wildman–Crippen LogP) is 3.29. The van der Waals surface area contributed by atoms with E-state index in [0.29, 0.717) is 22.2 Å². The molecular weight excluding hydrogens is 391 g/mol. The van der Waals surface area contributed by atoms with E-state index in [9.17, 15) is 27.9 Å². The van der Waals surface area contributed by atoms with Crippen LogP contribution < -0.4 is 5.32 Å². The molecule has 8 heteroatoms. The Hall–Kier alpha value is -2.35. The molecule has 0 unspecified atom stereocenters. The Morgan fingerprint density at radius 2 is 1.71 bits per heavy atom. The van der Waals surface area contributed by atoms with Crippen molar-refractivity contribution in [2.75, 3.05) is 0 Å². The monoisotopic (exact) mass is 401 g/mol. The van der Waals surface area contributed by atoms with E-state index in [4.69, 9.17) is 0 Å². The van der Waals surface area contributed by atoms with E-state index in [-0.39, 0.29) is 6.42 Å². The molecule has 0 radical (unpaired) electrons. The molecule has 0 aliphatic carbocycles. The minimum Gasteiger partial charge on any atom is -0.480 e. The number of carbonyl (C=O) groups excluding carboxylic acids is 1. The Morgan fingerprint density at radius 1 is 1.12 bits per heavy atom. The first-order chi connectivity index (χ1) is 11.3. The summed E-state index contributed by atoms with van der Waals surface area (Å²) in [6, 6.07) is 6.02. The average Bonchev–Trinajstić information content (AvgIpc) is 2.47. The standard InChI is InChI=1S/C16H11BrF3NO3/c17-10-4-2-1-3-8(10)5-13(16(23)24)21-15(22)14-11(19)6-9(18)7-12(14)20/h1-4,6-7,13H,5H2,(H,21,22)(H,23,24)/t13-/m0/s1. The van der Waals surface area contributed by atoms with Gasteiger partial charge in [-0.25, -0.2) is 18.0 Å². The third-order valence-corrected chi connectivity index (χ3v) is 3.99. The Morgan fingerprint density at radius 3 is 2.25 bits per heavy atom. The van der Waals surface area contributed by atoms with E-state index >= 15 is 0 Å². The van der Waals surface area contributed by atoms with E-state index in [1.807, 2.05) is 5.32 Å². The van der Waals surface area contributed by atoms with E-state index in [2.05, 4.69) is 15.9 Å². The molecule has 0 aliphatic rings. The lowest BCUT2D eigenvalue weighted by Gasteiger charge is -2.16. The zero-order valence-corrected chi connectivity index (χ0v) is 13.6. The van der Waals surface area contributed by atoms with Gasteiger partial charge in [0.2, 0.25) is 0 Å². The number of rotatable bonds is 5. The number of carbonyl (C=O) groups is 2. The molecule has 2 aromatic carbocycles. The molecular formula is C16H11BrF3NO3. The number of halogens is 4. The fraction of sp³-hybridized carbons (Fsp3) is 0.125. The van der Waals surface area contributed by atoms with Gasteiger partial charge in [-0.3, -0.25) is 4.79 Å². The molecule has 1 atom stereocenters. The van der Waals surface area contributed by atoms with Crippen LogP contribution in [0.15, 0.2) is 40.9 Å². The zero-order valence-electron chi connectivity index (χ0n) is 12.0. The summed E-state index contributed by atoms with van der Waals surface area (Å²) in [7, 11) is 0. The molecule has 0 bridgehead atoms. The van der Waals surface area contributed by atoms with Gasteiger partial charge in [-0.2, -0.15) is 0 Å². The van der Waals surface area contributed by atoms with Crippen molar-refractivity contribution in [1.29, 1.82) is 0 Å². The number of aliphatic carboxylic acids is 1. The molecule has 2 N–H and O–H groups in total. The van der Waals surface area contributed by atoms with Crippen molar-refractivity contribution in [3.05, 3.63) is 69.4 Å². The van der Waals surface area contributed by atoms with Crippen molar-refractivity contribution in [3.8, 4) is 0 Å². The Labute approximate surface area is 143 Å². The first kappa shape index (κ1) is 18.0. The average molecular weight is 402 g/mol. The van der Waals surface area contributed by atoms with Gasteiger partial charge in [-0.05, 0) is 11.6 Å². The third kappa shape index (κ3) is 4.14. The van der Waals surface area contributed by atoms with Gasteiger partial charge in [-0.1, -0.05) is 34.1 Å². The highest BCUT2D eigenvalue weighted by atomic mass is 79.9. The fourth-order valence-electron chi connectivity index (χ4n) is 2.07. The molecule has 0 fully saturated rings. The second-order valence-corrected chi connectivity index (χ2v) is 5.76. The second-order valence-electron chi connectivity index (χ2n) is 4.90. The van der Waals surface area contributed by atoms with Crippen LogP contribution in [0.1, 0.15) is 15.9 Å². The highest BCUT2D eigenvalue weighted by Gasteiger charge is 2.26. The van der Waals surface area contributed by atoms with E-state index in [0.717, 1.165) is 0 Å². The molecule has 2 aromatic rings. The minimum absolute atomic E-state index is 0.104. The quantitative estimate of drug-likeness (QED) is 0.807. The summed E-state index contributed by atoms with van der Waals surface area (Å²) in [5.74, 6) is -6.64. The lowest BCUT2D eigenvalue weighted by Crippen LogP contribution is -2.43. The van der Waals surface area contributed by atoms with Gasteiger partial charge in [0.25, 0.3) is 5.91 Å². The number of benzene rings is 2. The SMILES string of the molecule is O=C(N[C@@H](Cc1ccccc1Br)C(=O)O)c1c(F)cc(F)cc1F. The summed E-state index contributed by atoms with van der Waals surface area (Å²) in [4.78, 5) is 23.3. The highest BCUT2D eigenvalue weighted by Crippen LogP contribution is 2.19. The third-order valence-electron chi connectivity index (χ3n) is 3.22. The lowest BCUT2D eigenvalue weighted by atomic mass is 10.1. The maximum atomic E-state index is 13.6. The van der Waals surface area contributed by atoms with Crippen molar-refractivity contribution in [3.63, 3.8) is 0 Å². The van der Waals surface area contributed by atoms with Gasteiger partial charge in [0, 0.05) is 23.0 Å². The maximum Gasteiger partial charge on any atom is 0.326 e. The normalized spacial score (nSPS) is 11.8. The van der Waals surface area contributed by atoms with Crippen LogP contribution in [-0.4, -0.2) is 23.0 Å². The first-order valence-corrected chi connectivity index (χ1v) is 7.50. The molecule has 0 aliphatic heterocycles. The fourth-order valence-corrected chi connectivity index (χ4v) is 2.52. The Kier molecular flexibility index (Phi) is 5.61. The number of amides is 1. The highest BCUT2D eigenvalue weighted by molar-refractivity contribution is 9.10. The van der Waals surface area contributed by atoms with Crippen LogP contribution in [0.5, 0.6) is 0 Å². The summed E-state index contributed by atoms with van der Waals surface area (Å²) in [6.07, 6.45) is -0.104. The summed E-state index contributed by atoms with van der Waals surface area (Å²) in [6.45, 7) is 0. The van der Waals surface area contributed by atoms with Crippen LogP contribution in [-0.2, 0) is 11.2 Å². The lowest BCUT2D eigenvalue weighted by molar-refractivity contribution is -0.139. The van der Waals surface area contributed by atoms with Gasteiger partial charge in [0.15, 0.2) is 0 Å². The molecule has 126 valence electrons. The first-order valence-electron chi connectivity index (χ1n) is 6.71. The van der Waals surface area contributed by atoms with Crippen LogP contribution in [0.3, 0.4) is 0 Å². The Balaban J connectivity index is 2.24. The van der Waals surface area contributed by atoms with Crippen molar-refractivity contribution in [2.24, 2.45) is 0 Å². The van der Waals surface area contributed by atoms with Gasteiger partial charge < -0.3 is 10.4 Å². The molecule has 0 heterocycles. The van der Waals surface area contributed by atoms with Gasteiger partial charge in [-0.15, -0.1) is 0 Å². The summed E-state index contributed by atoms with van der Waals surface area (Å²) < 4.78 is 40.7. The number of hydrogen-bond donors (Lipinski definition) is 2. The van der Waals surface area contributed by atoms with Crippen LogP contribution >= 0.6 is 15.9 Å². The number of hydrogen-bond acceptors (Lipinski definition) is 2. The maximum absolute atomic E-state index is 13.6. The van der Waals surface area contributed by atoms with Crippen molar-refractivity contribution in [1.82, 2.24) is 5.32 Å². The molecule has 24 heavy (non-hydrogen) atoms. The van der Waals surface area contributed by atoms with Crippen molar-refractivity contribution in [2.45, 2.75) is 12.5 Å². The van der Waals surface area contributed by atoms with Gasteiger partial charge >= 0.3 is 5.97 Å². The molecule has 0 aromatic heterocycles.